The van der Waals surface area contributed by atoms with Crippen molar-refractivity contribution in [3.8, 4) is 11.1 Å². The first-order valence-corrected chi connectivity index (χ1v) is 4.06. The average molecular weight is 160 g/mol. The number of nitrogens with one attached hydrogen (secondary N) is 2. The molecule has 2 aromatic rings. The van der Waals surface area contributed by atoms with Crippen molar-refractivity contribution in [2.24, 2.45) is 0 Å². The van der Waals surface area contributed by atoms with Crippen molar-refractivity contribution >= 4 is 0 Å². The van der Waals surface area contributed by atoms with E-state index in [4.69, 9.17) is 0 Å². The van der Waals surface area contributed by atoms with Crippen LogP contribution in [0.25, 0.3) is 11.1 Å². The smallest absolute Gasteiger partial charge is 0.00875 e. The summed E-state index contributed by atoms with van der Waals surface area (Å²) in [6, 6.07) is 0. The first kappa shape index (κ1) is 7.22. The highest BCUT2D eigenvalue weighted by Gasteiger charge is 2.05. The van der Waals surface area contributed by atoms with Crippen LogP contribution in [0, 0.1) is 13.8 Å². The summed E-state index contributed by atoms with van der Waals surface area (Å²) in [5.41, 5.74) is 5.15. The molecule has 0 amide bonds. The number of rotatable bonds is 1. The Hall–Kier alpha value is -1.44. The average Bonchev–Trinajstić information content (AvgIpc) is 2.59. The van der Waals surface area contributed by atoms with Crippen LogP contribution in [-0.2, 0) is 0 Å². The van der Waals surface area contributed by atoms with E-state index in [1.54, 1.807) is 0 Å². The highest BCUT2D eigenvalue weighted by molar-refractivity contribution is 5.68. The van der Waals surface area contributed by atoms with E-state index in [0.717, 1.165) is 0 Å². The van der Waals surface area contributed by atoms with Crippen LogP contribution in [0.2, 0.25) is 0 Å². The van der Waals surface area contributed by atoms with Crippen molar-refractivity contribution in [2.75, 3.05) is 0 Å². The van der Waals surface area contributed by atoms with Gasteiger partial charge in [0.05, 0.1) is 0 Å². The number of aromatic nitrogens is 2. The monoisotopic (exact) mass is 160 g/mol. The van der Waals surface area contributed by atoms with Crippen LogP contribution in [0.3, 0.4) is 0 Å². The van der Waals surface area contributed by atoms with Crippen molar-refractivity contribution < 1.29 is 0 Å². The molecule has 0 saturated carbocycles. The minimum atomic E-state index is 1.29. The van der Waals surface area contributed by atoms with E-state index < -0.39 is 0 Å². The SMILES string of the molecule is Cc1c[nH]cc1-c1c[nH]cc1C. The third-order valence-electron chi connectivity index (χ3n) is 2.19. The lowest BCUT2D eigenvalue weighted by Crippen LogP contribution is -1.75. The molecule has 0 saturated heterocycles. The molecular formula is C10H12N2. The van der Waals surface area contributed by atoms with Crippen LogP contribution in [0.15, 0.2) is 24.8 Å². The van der Waals surface area contributed by atoms with E-state index in [1.807, 2.05) is 24.8 Å². The highest BCUT2D eigenvalue weighted by atomic mass is 14.7. The Morgan fingerprint density at radius 1 is 0.750 bits per heavy atom. The second kappa shape index (κ2) is 2.55. The number of aromatic amines is 2. The lowest BCUT2D eigenvalue weighted by molar-refractivity contribution is 1.39. The Labute approximate surface area is 71.6 Å². The van der Waals surface area contributed by atoms with Gasteiger partial charge in [0.25, 0.3) is 0 Å². The number of hydrogen-bond donors (Lipinski definition) is 2. The summed E-state index contributed by atoms with van der Waals surface area (Å²) >= 11 is 0. The van der Waals surface area contributed by atoms with Crippen LogP contribution in [0.1, 0.15) is 11.1 Å². The molecule has 2 heterocycles. The van der Waals surface area contributed by atoms with Gasteiger partial charge in [0.15, 0.2) is 0 Å². The van der Waals surface area contributed by atoms with Crippen LogP contribution >= 0.6 is 0 Å². The molecule has 0 aliphatic heterocycles. The van der Waals surface area contributed by atoms with Crippen molar-refractivity contribution in [3.05, 3.63) is 35.9 Å². The molecule has 0 radical (unpaired) electrons. The molecule has 2 heteroatoms. The summed E-state index contributed by atoms with van der Waals surface area (Å²) in [6.45, 7) is 4.22. The lowest BCUT2D eigenvalue weighted by atomic mass is 10.1. The van der Waals surface area contributed by atoms with Gasteiger partial charge < -0.3 is 9.97 Å². The second-order valence-corrected chi connectivity index (χ2v) is 3.10. The number of H-pyrrole nitrogens is 2. The normalized spacial score (nSPS) is 10.5. The maximum Gasteiger partial charge on any atom is 0.00875 e. The van der Waals surface area contributed by atoms with E-state index in [9.17, 15) is 0 Å². The Kier molecular flexibility index (Phi) is 1.54. The third-order valence-corrected chi connectivity index (χ3v) is 2.19. The molecule has 2 nitrogen and oxygen atoms in total. The molecule has 12 heavy (non-hydrogen) atoms. The van der Waals surface area contributed by atoms with Crippen molar-refractivity contribution in [2.45, 2.75) is 13.8 Å². The molecule has 2 N–H and O–H groups in total. The minimum absolute atomic E-state index is 1.29. The molecule has 0 aliphatic rings. The Morgan fingerprint density at radius 3 is 1.42 bits per heavy atom. The summed E-state index contributed by atoms with van der Waals surface area (Å²) in [5.74, 6) is 0. The van der Waals surface area contributed by atoms with Gasteiger partial charge in [0, 0.05) is 35.9 Å². The van der Waals surface area contributed by atoms with E-state index in [1.165, 1.54) is 22.3 Å². The summed E-state index contributed by atoms with van der Waals surface area (Å²) in [6.07, 6.45) is 8.10. The van der Waals surface area contributed by atoms with E-state index >= 15 is 0 Å². The zero-order valence-corrected chi connectivity index (χ0v) is 7.31. The summed E-state index contributed by atoms with van der Waals surface area (Å²) in [5, 5.41) is 0. The topological polar surface area (TPSA) is 31.6 Å². The molecular weight excluding hydrogens is 148 g/mol. The summed E-state index contributed by atoms with van der Waals surface area (Å²) < 4.78 is 0. The molecule has 0 bridgehead atoms. The molecule has 0 aromatic carbocycles. The molecule has 0 fully saturated rings. The lowest BCUT2D eigenvalue weighted by Gasteiger charge is -1.96. The van der Waals surface area contributed by atoms with Crippen molar-refractivity contribution in [1.82, 2.24) is 9.97 Å². The van der Waals surface area contributed by atoms with Crippen LogP contribution in [-0.4, -0.2) is 9.97 Å². The highest BCUT2D eigenvalue weighted by Crippen LogP contribution is 2.25. The molecule has 0 aliphatic carbocycles. The van der Waals surface area contributed by atoms with Gasteiger partial charge in [-0.3, -0.25) is 0 Å². The van der Waals surface area contributed by atoms with Gasteiger partial charge >= 0.3 is 0 Å². The Morgan fingerprint density at radius 2 is 1.17 bits per heavy atom. The first-order chi connectivity index (χ1) is 5.79. The van der Waals surface area contributed by atoms with E-state index in [-0.39, 0.29) is 0 Å². The molecule has 0 spiro atoms. The van der Waals surface area contributed by atoms with Crippen molar-refractivity contribution in [3.63, 3.8) is 0 Å². The van der Waals surface area contributed by atoms with Gasteiger partial charge in [-0.25, -0.2) is 0 Å². The fourth-order valence-electron chi connectivity index (χ4n) is 1.46. The van der Waals surface area contributed by atoms with Gasteiger partial charge in [-0.1, -0.05) is 0 Å². The van der Waals surface area contributed by atoms with Crippen molar-refractivity contribution in [1.29, 1.82) is 0 Å². The summed E-state index contributed by atoms with van der Waals surface area (Å²) in [7, 11) is 0. The van der Waals surface area contributed by atoms with Crippen LogP contribution in [0.4, 0.5) is 0 Å². The second-order valence-electron chi connectivity index (χ2n) is 3.10. The maximum atomic E-state index is 3.10. The quantitative estimate of drug-likeness (QED) is 0.642. The predicted molar refractivity (Wildman–Crippen MR) is 50.1 cm³/mol. The fraction of sp³-hybridized carbons (Fsp3) is 0.200. The fourth-order valence-corrected chi connectivity index (χ4v) is 1.46. The molecule has 0 atom stereocenters. The zero-order valence-electron chi connectivity index (χ0n) is 7.31. The number of aryl methyl sites for hydroxylation is 2. The standard InChI is InChI=1S/C10H12N2/c1-7-3-11-5-9(7)10-6-12-4-8(10)2/h3-6,11-12H,1-2H3. The maximum absolute atomic E-state index is 3.10. The minimum Gasteiger partial charge on any atom is -0.367 e. The first-order valence-electron chi connectivity index (χ1n) is 4.06. The van der Waals surface area contributed by atoms with Gasteiger partial charge in [-0.2, -0.15) is 0 Å². The summed E-state index contributed by atoms with van der Waals surface area (Å²) in [4.78, 5) is 6.20. The Balaban J connectivity index is 2.57. The van der Waals surface area contributed by atoms with E-state index in [2.05, 4.69) is 23.8 Å². The Bertz CT molecular complexity index is 344. The number of hydrogen-bond acceptors (Lipinski definition) is 0. The molecule has 2 rings (SSSR count). The van der Waals surface area contributed by atoms with Gasteiger partial charge in [-0.15, -0.1) is 0 Å². The zero-order chi connectivity index (χ0) is 8.55. The third kappa shape index (κ3) is 0.961. The van der Waals surface area contributed by atoms with E-state index in [0.29, 0.717) is 0 Å². The molecule has 2 aromatic heterocycles. The molecule has 62 valence electrons. The van der Waals surface area contributed by atoms with Gasteiger partial charge in [0.2, 0.25) is 0 Å². The predicted octanol–water partition coefficient (Wildman–Crippen LogP) is 2.63. The van der Waals surface area contributed by atoms with Gasteiger partial charge in [0.1, 0.15) is 0 Å². The molecule has 0 unspecified atom stereocenters. The van der Waals surface area contributed by atoms with Crippen LogP contribution < -0.4 is 0 Å². The largest absolute Gasteiger partial charge is 0.367 e. The van der Waals surface area contributed by atoms with Gasteiger partial charge in [-0.05, 0) is 25.0 Å². The van der Waals surface area contributed by atoms with Crippen LogP contribution in [0.5, 0.6) is 0 Å².